The summed E-state index contributed by atoms with van der Waals surface area (Å²) in [6.45, 7) is 12.1. The predicted octanol–water partition coefficient (Wildman–Crippen LogP) is 1.89. The number of aliphatic hydroxyl groups is 2. The Bertz CT molecular complexity index is 505. The molecule has 1 aromatic rings. The van der Waals surface area contributed by atoms with Crippen molar-refractivity contribution in [1.29, 1.82) is 0 Å². The third-order valence-corrected chi connectivity index (χ3v) is 4.66. The van der Waals surface area contributed by atoms with E-state index in [1.807, 2.05) is 6.07 Å². The maximum absolute atomic E-state index is 10.2. The van der Waals surface area contributed by atoms with E-state index < -0.39 is 6.10 Å². The fraction of sp³-hybridized carbons (Fsp3) is 0.684. The second-order valence-electron chi connectivity index (χ2n) is 7.00. The van der Waals surface area contributed by atoms with Gasteiger partial charge in [-0.25, -0.2) is 0 Å². The molecule has 1 aliphatic rings. The average molecular weight is 373 g/mol. The summed E-state index contributed by atoms with van der Waals surface area (Å²) in [6, 6.07) is 6.15. The summed E-state index contributed by atoms with van der Waals surface area (Å²) >= 11 is 0. The number of benzene rings is 1. The van der Waals surface area contributed by atoms with Crippen molar-refractivity contribution in [2.75, 3.05) is 52.5 Å². The van der Waals surface area contributed by atoms with Gasteiger partial charge in [0.2, 0.25) is 0 Å². The molecule has 1 fully saturated rings. The molecule has 0 aromatic heterocycles. The first-order chi connectivity index (χ1) is 11.5. The molecule has 1 saturated heterocycles. The van der Waals surface area contributed by atoms with Gasteiger partial charge in [-0.05, 0) is 36.1 Å². The Morgan fingerprint density at radius 1 is 1.12 bits per heavy atom. The van der Waals surface area contributed by atoms with E-state index >= 15 is 0 Å². The third kappa shape index (κ3) is 7.12. The van der Waals surface area contributed by atoms with Crippen molar-refractivity contribution in [3.05, 3.63) is 29.3 Å². The second-order valence-corrected chi connectivity index (χ2v) is 7.00. The van der Waals surface area contributed by atoms with Gasteiger partial charge in [-0.15, -0.1) is 12.4 Å². The second kappa shape index (κ2) is 11.0. The minimum absolute atomic E-state index is 0. The molecule has 1 unspecified atom stereocenters. The first-order valence-corrected chi connectivity index (χ1v) is 8.96. The van der Waals surface area contributed by atoms with Crippen LogP contribution in [0.4, 0.5) is 0 Å². The number of hydrogen-bond donors (Lipinski definition) is 2. The molecular formula is C19H33ClN2O3. The molecule has 0 amide bonds. The average Bonchev–Trinajstić information content (AvgIpc) is 2.55. The van der Waals surface area contributed by atoms with Crippen LogP contribution in [0.2, 0.25) is 0 Å². The maximum Gasteiger partial charge on any atom is 0.119 e. The lowest BCUT2D eigenvalue weighted by Crippen LogP contribution is -2.49. The Balaban J connectivity index is 0.00000312. The molecule has 2 rings (SSSR count). The highest BCUT2D eigenvalue weighted by molar-refractivity contribution is 5.85. The molecule has 0 spiro atoms. The molecule has 1 aliphatic heterocycles. The Labute approximate surface area is 158 Å². The van der Waals surface area contributed by atoms with Crippen LogP contribution >= 0.6 is 12.4 Å². The predicted molar refractivity (Wildman–Crippen MR) is 104 cm³/mol. The van der Waals surface area contributed by atoms with Gasteiger partial charge in [0.15, 0.2) is 0 Å². The quantitative estimate of drug-likeness (QED) is 0.729. The van der Waals surface area contributed by atoms with Crippen molar-refractivity contribution in [2.24, 2.45) is 0 Å². The van der Waals surface area contributed by atoms with Crippen LogP contribution < -0.4 is 4.74 Å². The third-order valence-electron chi connectivity index (χ3n) is 4.66. The maximum atomic E-state index is 10.2. The summed E-state index contributed by atoms with van der Waals surface area (Å²) in [5, 5.41) is 19.2. The zero-order valence-electron chi connectivity index (χ0n) is 15.6. The van der Waals surface area contributed by atoms with Gasteiger partial charge in [0.25, 0.3) is 0 Å². The van der Waals surface area contributed by atoms with Gasteiger partial charge in [0, 0.05) is 39.3 Å². The van der Waals surface area contributed by atoms with Crippen molar-refractivity contribution < 1.29 is 14.9 Å². The van der Waals surface area contributed by atoms with E-state index in [2.05, 4.69) is 42.7 Å². The zero-order valence-corrected chi connectivity index (χ0v) is 16.5. The molecule has 25 heavy (non-hydrogen) atoms. The van der Waals surface area contributed by atoms with E-state index in [0.29, 0.717) is 19.1 Å². The molecule has 0 bridgehead atoms. The minimum Gasteiger partial charge on any atom is -0.491 e. The molecule has 6 heteroatoms. The number of aryl methyl sites for hydroxylation is 1. The molecule has 0 aliphatic carbocycles. The van der Waals surface area contributed by atoms with Gasteiger partial charge in [0.05, 0.1) is 6.61 Å². The summed E-state index contributed by atoms with van der Waals surface area (Å²) < 4.78 is 5.76. The Hall–Kier alpha value is -0.850. The number of β-amino-alcohol motifs (C(OH)–C–C–N with tert-alkyl or cyclic N) is 2. The fourth-order valence-corrected chi connectivity index (χ4v) is 3.27. The normalized spacial score (nSPS) is 17.4. The van der Waals surface area contributed by atoms with Crippen molar-refractivity contribution in [2.45, 2.75) is 32.8 Å². The molecule has 1 atom stereocenters. The van der Waals surface area contributed by atoms with Crippen molar-refractivity contribution in [3.8, 4) is 5.75 Å². The molecule has 1 aromatic carbocycles. The van der Waals surface area contributed by atoms with E-state index in [1.165, 1.54) is 11.1 Å². The fourth-order valence-electron chi connectivity index (χ4n) is 3.27. The van der Waals surface area contributed by atoms with Crippen LogP contribution in [0.3, 0.4) is 0 Å². The Morgan fingerprint density at radius 2 is 1.76 bits per heavy atom. The number of ether oxygens (including phenoxy) is 1. The van der Waals surface area contributed by atoms with Gasteiger partial charge in [0.1, 0.15) is 18.5 Å². The first kappa shape index (κ1) is 22.2. The molecule has 2 N–H and O–H groups in total. The van der Waals surface area contributed by atoms with E-state index in [4.69, 9.17) is 9.84 Å². The number of halogens is 1. The molecule has 5 nitrogen and oxygen atoms in total. The first-order valence-electron chi connectivity index (χ1n) is 8.96. The highest BCUT2D eigenvalue weighted by atomic mass is 35.5. The van der Waals surface area contributed by atoms with Crippen molar-refractivity contribution in [3.63, 3.8) is 0 Å². The van der Waals surface area contributed by atoms with Gasteiger partial charge in [-0.2, -0.15) is 0 Å². The summed E-state index contributed by atoms with van der Waals surface area (Å²) in [6.07, 6.45) is -0.487. The van der Waals surface area contributed by atoms with E-state index in [9.17, 15) is 5.11 Å². The van der Waals surface area contributed by atoms with Gasteiger partial charge < -0.3 is 14.9 Å². The lowest BCUT2D eigenvalue weighted by atomic mass is 9.98. The van der Waals surface area contributed by atoms with Gasteiger partial charge in [-0.1, -0.05) is 19.9 Å². The van der Waals surface area contributed by atoms with Gasteiger partial charge in [-0.3, -0.25) is 9.80 Å². The zero-order chi connectivity index (χ0) is 17.5. The summed E-state index contributed by atoms with van der Waals surface area (Å²) in [7, 11) is 0. The number of hydrogen-bond acceptors (Lipinski definition) is 5. The largest absolute Gasteiger partial charge is 0.491 e. The topological polar surface area (TPSA) is 56.2 Å². The SMILES string of the molecule is Cc1cc(OCC(O)CN2CCN(CCO)CC2)ccc1C(C)C.Cl. The van der Waals surface area contributed by atoms with Crippen molar-refractivity contribution in [1.82, 2.24) is 9.80 Å². The van der Waals surface area contributed by atoms with Crippen LogP contribution in [0.1, 0.15) is 30.9 Å². The van der Waals surface area contributed by atoms with Crippen LogP contribution in [0.15, 0.2) is 18.2 Å². The highest BCUT2D eigenvalue weighted by Gasteiger charge is 2.19. The van der Waals surface area contributed by atoms with Crippen LogP contribution in [-0.4, -0.2) is 78.6 Å². The lowest BCUT2D eigenvalue weighted by Gasteiger charge is -2.35. The van der Waals surface area contributed by atoms with E-state index in [1.54, 1.807) is 0 Å². The minimum atomic E-state index is -0.487. The van der Waals surface area contributed by atoms with Crippen molar-refractivity contribution >= 4 is 12.4 Å². The van der Waals surface area contributed by atoms with Crippen LogP contribution in [-0.2, 0) is 0 Å². The van der Waals surface area contributed by atoms with Crippen LogP contribution in [0.25, 0.3) is 0 Å². The summed E-state index contributed by atoms with van der Waals surface area (Å²) in [5.41, 5.74) is 2.57. The number of aliphatic hydroxyl groups excluding tert-OH is 2. The van der Waals surface area contributed by atoms with Crippen LogP contribution in [0.5, 0.6) is 5.75 Å². The van der Waals surface area contributed by atoms with E-state index in [-0.39, 0.29) is 19.0 Å². The standard InChI is InChI=1S/C19H32N2O3.ClH/c1-15(2)19-5-4-18(12-16(19)3)24-14-17(23)13-21-8-6-20(7-9-21)10-11-22;/h4-5,12,15,17,22-23H,6-11,13-14H2,1-3H3;1H. The van der Waals surface area contributed by atoms with Gasteiger partial charge >= 0.3 is 0 Å². The number of rotatable bonds is 8. The summed E-state index contributed by atoms with van der Waals surface area (Å²) in [5.74, 6) is 1.33. The lowest BCUT2D eigenvalue weighted by molar-refractivity contribution is 0.0428. The number of nitrogens with zero attached hydrogens (tertiary/aromatic N) is 2. The van der Waals surface area contributed by atoms with E-state index in [0.717, 1.165) is 38.5 Å². The Kier molecular flexibility index (Phi) is 9.75. The monoisotopic (exact) mass is 372 g/mol. The van der Waals surface area contributed by atoms with Crippen LogP contribution in [0, 0.1) is 6.92 Å². The molecular weight excluding hydrogens is 340 g/mol. The molecule has 0 radical (unpaired) electrons. The Morgan fingerprint density at radius 3 is 2.32 bits per heavy atom. The summed E-state index contributed by atoms with van der Waals surface area (Å²) in [4.78, 5) is 4.51. The molecule has 0 saturated carbocycles. The highest BCUT2D eigenvalue weighted by Crippen LogP contribution is 2.23. The molecule has 144 valence electrons. The molecule has 1 heterocycles. The number of piperazine rings is 1. The smallest absolute Gasteiger partial charge is 0.119 e.